The number of rotatable bonds is 4. The van der Waals surface area contributed by atoms with Crippen molar-refractivity contribution in [3.8, 4) is 17.4 Å². The number of nitrogens with one attached hydrogen (secondary N) is 1. The van der Waals surface area contributed by atoms with Gasteiger partial charge in [0.05, 0.1) is 35.7 Å². The Balaban J connectivity index is 2.34. The van der Waals surface area contributed by atoms with Crippen LogP contribution in [0.2, 0.25) is 5.02 Å². The fraction of sp³-hybridized carbons (Fsp3) is 0.125. The largest absolute Gasteiger partial charge is 0.491 e. The first-order valence-corrected chi connectivity index (χ1v) is 7.56. The maximum Gasteiger partial charge on any atom is 0.335 e. The molecule has 26 heavy (non-hydrogen) atoms. The number of aromatic carboxylic acids is 1. The first-order valence-electron chi connectivity index (χ1n) is 7.18. The summed E-state index contributed by atoms with van der Waals surface area (Å²) in [4.78, 5) is 42.9. The fourth-order valence-corrected chi connectivity index (χ4v) is 2.77. The number of hydrogen-bond acceptors (Lipinski definition) is 6. The molecule has 0 unspecified atom stereocenters. The van der Waals surface area contributed by atoms with Crippen LogP contribution in [0.25, 0.3) is 16.7 Å². The van der Waals surface area contributed by atoms with Gasteiger partial charge >= 0.3 is 11.7 Å². The maximum atomic E-state index is 12.8. The van der Waals surface area contributed by atoms with Crippen molar-refractivity contribution < 1.29 is 19.4 Å². The standard InChI is InChI=1S/C16H12ClN3O6/c1-25-10-3-4-11(19-13(10)26-2)20-14(21)12-8(17)5-7(15(22)23)6-9(12)18-16(20)24/h3-6H,1-2H3,(H,18,24)(H,22,23). The molecule has 0 aliphatic carbocycles. The number of hydrogen-bond donors (Lipinski definition) is 2. The Hall–Kier alpha value is -3.33. The van der Waals surface area contributed by atoms with E-state index < -0.39 is 17.2 Å². The van der Waals surface area contributed by atoms with E-state index in [2.05, 4.69) is 9.97 Å². The summed E-state index contributed by atoms with van der Waals surface area (Å²) >= 11 is 6.07. The van der Waals surface area contributed by atoms with E-state index in [4.69, 9.17) is 26.2 Å². The quantitative estimate of drug-likeness (QED) is 0.705. The number of pyridine rings is 1. The molecule has 0 aliphatic heterocycles. The number of aromatic amines is 1. The van der Waals surface area contributed by atoms with Crippen molar-refractivity contribution in [3.63, 3.8) is 0 Å². The Morgan fingerprint density at radius 1 is 1.23 bits per heavy atom. The van der Waals surface area contributed by atoms with Gasteiger partial charge in [-0.05, 0) is 24.3 Å². The van der Waals surface area contributed by atoms with Crippen molar-refractivity contribution in [1.29, 1.82) is 0 Å². The van der Waals surface area contributed by atoms with Crippen molar-refractivity contribution >= 4 is 28.5 Å². The van der Waals surface area contributed by atoms with Gasteiger partial charge < -0.3 is 19.6 Å². The van der Waals surface area contributed by atoms with Crippen LogP contribution in [0.4, 0.5) is 0 Å². The van der Waals surface area contributed by atoms with Gasteiger partial charge in [0.25, 0.3) is 11.4 Å². The van der Waals surface area contributed by atoms with Gasteiger partial charge in [-0.15, -0.1) is 0 Å². The number of carboxylic acid groups (broad SMARTS) is 1. The summed E-state index contributed by atoms with van der Waals surface area (Å²) in [5, 5.41) is 8.94. The van der Waals surface area contributed by atoms with Gasteiger partial charge in [0.15, 0.2) is 5.75 Å². The summed E-state index contributed by atoms with van der Waals surface area (Å²) in [7, 11) is 2.79. The highest BCUT2D eigenvalue weighted by atomic mass is 35.5. The third-order valence-electron chi connectivity index (χ3n) is 3.65. The fourth-order valence-electron chi connectivity index (χ4n) is 2.47. The first-order chi connectivity index (χ1) is 12.4. The number of halogens is 1. The molecule has 3 aromatic rings. The molecule has 2 N–H and O–H groups in total. The summed E-state index contributed by atoms with van der Waals surface area (Å²) in [5.41, 5.74) is -1.69. The number of carboxylic acids is 1. The highest BCUT2D eigenvalue weighted by Gasteiger charge is 2.17. The van der Waals surface area contributed by atoms with E-state index in [0.29, 0.717) is 5.75 Å². The average molecular weight is 378 g/mol. The second-order valence-corrected chi connectivity index (χ2v) is 5.54. The Labute approximate surface area is 150 Å². The number of benzene rings is 1. The molecule has 0 amide bonds. The molecular weight excluding hydrogens is 366 g/mol. The molecular formula is C16H12ClN3O6. The molecule has 0 radical (unpaired) electrons. The first kappa shape index (κ1) is 17.5. The van der Waals surface area contributed by atoms with Crippen molar-refractivity contribution in [2.75, 3.05) is 14.2 Å². The smallest absolute Gasteiger partial charge is 0.335 e. The molecule has 0 saturated heterocycles. The summed E-state index contributed by atoms with van der Waals surface area (Å²) < 4.78 is 10.9. The number of aromatic nitrogens is 3. The molecule has 134 valence electrons. The van der Waals surface area contributed by atoms with Crippen LogP contribution in [0.5, 0.6) is 11.6 Å². The van der Waals surface area contributed by atoms with E-state index >= 15 is 0 Å². The lowest BCUT2D eigenvalue weighted by Crippen LogP contribution is -2.34. The Bertz CT molecular complexity index is 1150. The molecule has 2 heterocycles. The second kappa shape index (κ2) is 6.52. The number of carbonyl (C=O) groups is 1. The topological polar surface area (TPSA) is 124 Å². The summed E-state index contributed by atoms with van der Waals surface area (Å²) in [5.74, 6) is -0.830. The van der Waals surface area contributed by atoms with E-state index in [1.165, 1.54) is 32.4 Å². The molecule has 1 aromatic carbocycles. The van der Waals surface area contributed by atoms with Crippen molar-refractivity contribution in [2.24, 2.45) is 0 Å². The maximum absolute atomic E-state index is 12.8. The van der Waals surface area contributed by atoms with Crippen LogP contribution in [0.15, 0.2) is 33.9 Å². The molecule has 0 aliphatic rings. The minimum Gasteiger partial charge on any atom is -0.491 e. The SMILES string of the molecule is COc1ccc(-n2c(=O)[nH]c3cc(C(=O)O)cc(Cl)c3c2=O)nc1OC. The van der Waals surface area contributed by atoms with Crippen LogP contribution in [-0.2, 0) is 0 Å². The molecule has 0 bridgehead atoms. The van der Waals surface area contributed by atoms with Gasteiger partial charge in [0, 0.05) is 0 Å². The molecule has 3 rings (SSSR count). The van der Waals surface area contributed by atoms with E-state index in [0.717, 1.165) is 10.6 Å². The lowest BCUT2D eigenvalue weighted by Gasteiger charge is -2.10. The Morgan fingerprint density at radius 2 is 1.96 bits per heavy atom. The zero-order chi connectivity index (χ0) is 19.0. The van der Waals surface area contributed by atoms with E-state index in [1.54, 1.807) is 0 Å². The Morgan fingerprint density at radius 3 is 2.58 bits per heavy atom. The van der Waals surface area contributed by atoms with E-state index in [1.807, 2.05) is 0 Å². The van der Waals surface area contributed by atoms with Crippen LogP contribution in [-0.4, -0.2) is 39.8 Å². The van der Waals surface area contributed by atoms with Crippen molar-refractivity contribution in [3.05, 3.63) is 55.7 Å². The minimum absolute atomic E-state index is 0.00539. The van der Waals surface area contributed by atoms with Crippen LogP contribution < -0.4 is 20.7 Å². The molecule has 0 spiro atoms. The van der Waals surface area contributed by atoms with Crippen LogP contribution in [0.1, 0.15) is 10.4 Å². The molecule has 9 nitrogen and oxygen atoms in total. The van der Waals surface area contributed by atoms with Crippen LogP contribution >= 0.6 is 11.6 Å². The molecule has 0 atom stereocenters. The number of fused-ring (bicyclic) bond motifs is 1. The zero-order valence-electron chi connectivity index (χ0n) is 13.6. The summed E-state index contributed by atoms with van der Waals surface area (Å²) in [6.45, 7) is 0. The van der Waals surface area contributed by atoms with Gasteiger partial charge in [-0.1, -0.05) is 11.6 Å². The van der Waals surface area contributed by atoms with E-state index in [-0.39, 0.29) is 33.2 Å². The van der Waals surface area contributed by atoms with Gasteiger partial charge in [-0.3, -0.25) is 4.79 Å². The Kier molecular flexibility index (Phi) is 4.39. The molecule has 2 aromatic heterocycles. The molecule has 10 heteroatoms. The van der Waals surface area contributed by atoms with Crippen molar-refractivity contribution in [1.82, 2.24) is 14.5 Å². The number of methoxy groups -OCH3 is 2. The van der Waals surface area contributed by atoms with Crippen molar-refractivity contribution in [2.45, 2.75) is 0 Å². The number of nitrogens with zero attached hydrogens (tertiary/aromatic N) is 2. The highest BCUT2D eigenvalue weighted by Crippen LogP contribution is 2.25. The predicted octanol–water partition coefficient (Wildman–Crippen LogP) is 1.44. The van der Waals surface area contributed by atoms with Crippen LogP contribution in [0, 0.1) is 0 Å². The van der Waals surface area contributed by atoms with Crippen LogP contribution in [0.3, 0.4) is 0 Å². The summed E-state index contributed by atoms with van der Waals surface area (Å²) in [6, 6.07) is 5.20. The normalized spacial score (nSPS) is 10.7. The minimum atomic E-state index is -1.24. The lowest BCUT2D eigenvalue weighted by molar-refractivity contribution is 0.0697. The van der Waals surface area contributed by atoms with E-state index in [9.17, 15) is 14.4 Å². The summed E-state index contributed by atoms with van der Waals surface area (Å²) in [6.07, 6.45) is 0. The van der Waals surface area contributed by atoms with Gasteiger partial charge in [0.1, 0.15) is 5.82 Å². The predicted molar refractivity (Wildman–Crippen MR) is 93.0 cm³/mol. The van der Waals surface area contributed by atoms with Gasteiger partial charge in [-0.2, -0.15) is 4.98 Å². The lowest BCUT2D eigenvalue weighted by atomic mass is 10.1. The average Bonchev–Trinajstić information content (AvgIpc) is 2.60. The monoisotopic (exact) mass is 377 g/mol. The molecule has 0 saturated carbocycles. The third kappa shape index (κ3) is 2.78. The third-order valence-corrected chi connectivity index (χ3v) is 3.95. The second-order valence-electron chi connectivity index (χ2n) is 5.14. The molecule has 0 fully saturated rings. The van der Waals surface area contributed by atoms with Gasteiger partial charge in [0.2, 0.25) is 0 Å². The zero-order valence-corrected chi connectivity index (χ0v) is 14.3. The highest BCUT2D eigenvalue weighted by molar-refractivity contribution is 6.35. The number of H-pyrrole nitrogens is 1. The number of ether oxygens (including phenoxy) is 2. The van der Waals surface area contributed by atoms with Gasteiger partial charge in [-0.25, -0.2) is 14.2 Å².